The Labute approximate surface area is 123 Å². The summed E-state index contributed by atoms with van der Waals surface area (Å²) in [6, 6.07) is 10.7. The summed E-state index contributed by atoms with van der Waals surface area (Å²) in [6.45, 7) is 0.414. The highest BCUT2D eigenvalue weighted by Gasteiger charge is 2.08. The zero-order valence-electron chi connectivity index (χ0n) is 12.3. The first-order valence-electron chi connectivity index (χ1n) is 6.56. The predicted molar refractivity (Wildman–Crippen MR) is 81.4 cm³/mol. The predicted octanol–water partition coefficient (Wildman–Crippen LogP) is 0.776. The molecule has 0 saturated carbocycles. The Morgan fingerprint density at radius 1 is 1.19 bits per heavy atom. The lowest BCUT2D eigenvalue weighted by molar-refractivity contribution is 0.0943. The number of rotatable bonds is 4. The summed E-state index contributed by atoms with van der Waals surface area (Å²) in [7, 11) is 5.46. The zero-order valence-corrected chi connectivity index (χ0v) is 12.3. The van der Waals surface area contributed by atoms with Crippen LogP contribution >= 0.6 is 0 Å². The molecule has 0 saturated heterocycles. The number of nitrogens with zero attached hydrogens (tertiary/aromatic N) is 3. The van der Waals surface area contributed by atoms with Gasteiger partial charge in [-0.3, -0.25) is 9.59 Å². The molecule has 1 aromatic heterocycles. The van der Waals surface area contributed by atoms with Crippen molar-refractivity contribution in [3.63, 3.8) is 0 Å². The Kier molecular flexibility index (Phi) is 4.37. The quantitative estimate of drug-likeness (QED) is 0.902. The molecule has 0 bridgehead atoms. The van der Waals surface area contributed by atoms with Gasteiger partial charge in [0.25, 0.3) is 11.5 Å². The van der Waals surface area contributed by atoms with Crippen molar-refractivity contribution in [3.05, 3.63) is 58.0 Å². The van der Waals surface area contributed by atoms with Gasteiger partial charge in [0.05, 0.1) is 0 Å². The van der Waals surface area contributed by atoms with Gasteiger partial charge in [-0.25, -0.2) is 4.68 Å². The molecule has 0 fully saturated rings. The van der Waals surface area contributed by atoms with Crippen LogP contribution in [-0.4, -0.2) is 29.8 Å². The molecule has 0 unspecified atom stereocenters. The second-order valence-corrected chi connectivity index (χ2v) is 4.92. The second kappa shape index (κ2) is 6.21. The third kappa shape index (κ3) is 3.68. The van der Waals surface area contributed by atoms with Crippen molar-refractivity contribution < 1.29 is 4.79 Å². The number of aryl methyl sites for hydroxylation is 1. The molecule has 2 aromatic rings. The molecule has 21 heavy (non-hydrogen) atoms. The van der Waals surface area contributed by atoms with Gasteiger partial charge in [0.1, 0.15) is 5.69 Å². The summed E-state index contributed by atoms with van der Waals surface area (Å²) < 4.78 is 1.14. The van der Waals surface area contributed by atoms with Crippen molar-refractivity contribution in [2.24, 2.45) is 7.05 Å². The van der Waals surface area contributed by atoms with Gasteiger partial charge in [-0.15, -0.1) is 0 Å². The van der Waals surface area contributed by atoms with E-state index in [0.717, 1.165) is 15.9 Å². The minimum absolute atomic E-state index is 0.224. The summed E-state index contributed by atoms with van der Waals surface area (Å²) >= 11 is 0. The molecule has 0 radical (unpaired) electrons. The molecule has 0 aliphatic rings. The average Bonchev–Trinajstić information content (AvgIpc) is 2.48. The average molecular weight is 286 g/mol. The maximum atomic E-state index is 12.0. The maximum Gasteiger partial charge on any atom is 0.271 e. The first kappa shape index (κ1) is 14.8. The minimum atomic E-state index is -0.303. The summed E-state index contributed by atoms with van der Waals surface area (Å²) in [5.74, 6) is -0.303. The van der Waals surface area contributed by atoms with Gasteiger partial charge in [0.2, 0.25) is 0 Å². The van der Waals surface area contributed by atoms with Gasteiger partial charge >= 0.3 is 0 Å². The fraction of sp³-hybridized carbons (Fsp3) is 0.267. The summed E-state index contributed by atoms with van der Waals surface area (Å²) in [6.07, 6.45) is 0. The number of hydrogen-bond donors (Lipinski definition) is 1. The van der Waals surface area contributed by atoms with E-state index in [2.05, 4.69) is 10.4 Å². The van der Waals surface area contributed by atoms with Gasteiger partial charge in [-0.05, 0) is 23.8 Å². The molecule has 110 valence electrons. The largest absolute Gasteiger partial charge is 0.378 e. The molecule has 0 atom stereocenters. The topological polar surface area (TPSA) is 67.2 Å². The van der Waals surface area contributed by atoms with Crippen molar-refractivity contribution in [2.75, 3.05) is 19.0 Å². The molecular weight excluding hydrogens is 268 g/mol. The van der Waals surface area contributed by atoms with Gasteiger partial charge in [0, 0.05) is 39.4 Å². The first-order valence-corrected chi connectivity index (χ1v) is 6.56. The Balaban J connectivity index is 2.00. The molecule has 1 amide bonds. The summed E-state index contributed by atoms with van der Waals surface area (Å²) in [5.41, 5.74) is 2.08. The molecule has 1 N–H and O–H groups in total. The standard InChI is InChI=1S/C15H18N4O2/c1-18(2)12-6-4-11(5-7-12)10-16-15(21)13-8-9-14(20)19(3)17-13/h4-9H,10H2,1-3H3,(H,16,21). The molecule has 1 aromatic carbocycles. The van der Waals surface area contributed by atoms with Crippen LogP contribution in [0.25, 0.3) is 0 Å². The molecule has 2 rings (SSSR count). The van der Waals surface area contributed by atoms with E-state index in [9.17, 15) is 9.59 Å². The molecule has 0 spiro atoms. The van der Waals surface area contributed by atoms with Crippen molar-refractivity contribution in [1.29, 1.82) is 0 Å². The molecule has 6 heteroatoms. The van der Waals surface area contributed by atoms with E-state index in [1.807, 2.05) is 43.3 Å². The van der Waals surface area contributed by atoms with Crippen LogP contribution in [0.15, 0.2) is 41.2 Å². The second-order valence-electron chi connectivity index (χ2n) is 4.92. The van der Waals surface area contributed by atoms with Crippen LogP contribution in [-0.2, 0) is 13.6 Å². The Morgan fingerprint density at radius 2 is 1.86 bits per heavy atom. The van der Waals surface area contributed by atoms with Crippen LogP contribution < -0.4 is 15.8 Å². The number of amides is 1. The Bertz CT molecular complexity index is 690. The van der Waals surface area contributed by atoms with E-state index in [0.29, 0.717) is 6.54 Å². The zero-order chi connectivity index (χ0) is 15.4. The molecule has 0 aliphatic heterocycles. The number of aromatic nitrogens is 2. The van der Waals surface area contributed by atoms with Gasteiger partial charge < -0.3 is 10.2 Å². The van der Waals surface area contributed by atoms with Crippen LogP contribution in [0.3, 0.4) is 0 Å². The molecule has 6 nitrogen and oxygen atoms in total. The smallest absolute Gasteiger partial charge is 0.271 e. The van der Waals surface area contributed by atoms with E-state index >= 15 is 0 Å². The number of hydrogen-bond acceptors (Lipinski definition) is 4. The third-order valence-electron chi connectivity index (χ3n) is 3.10. The van der Waals surface area contributed by atoms with E-state index in [1.165, 1.54) is 19.2 Å². The Hall–Kier alpha value is -2.63. The van der Waals surface area contributed by atoms with Crippen molar-refractivity contribution >= 4 is 11.6 Å². The number of carbonyl (C=O) groups excluding carboxylic acids is 1. The minimum Gasteiger partial charge on any atom is -0.378 e. The fourth-order valence-corrected chi connectivity index (χ4v) is 1.81. The lowest BCUT2D eigenvalue weighted by atomic mass is 10.2. The van der Waals surface area contributed by atoms with Gasteiger partial charge in [-0.2, -0.15) is 5.10 Å². The molecule has 0 aliphatic carbocycles. The molecule has 1 heterocycles. The van der Waals surface area contributed by atoms with E-state index in [-0.39, 0.29) is 17.2 Å². The fourth-order valence-electron chi connectivity index (χ4n) is 1.81. The van der Waals surface area contributed by atoms with E-state index < -0.39 is 0 Å². The lowest BCUT2D eigenvalue weighted by Crippen LogP contribution is -2.28. The SMILES string of the molecule is CN(C)c1ccc(CNC(=O)c2ccc(=O)n(C)n2)cc1. The number of carbonyl (C=O) groups is 1. The number of anilines is 1. The van der Waals surface area contributed by atoms with Crippen LogP contribution in [0.2, 0.25) is 0 Å². The highest BCUT2D eigenvalue weighted by molar-refractivity contribution is 5.91. The first-order chi connectivity index (χ1) is 9.97. The van der Waals surface area contributed by atoms with Crippen molar-refractivity contribution in [3.8, 4) is 0 Å². The van der Waals surface area contributed by atoms with Crippen molar-refractivity contribution in [1.82, 2.24) is 15.1 Å². The number of nitrogens with one attached hydrogen (secondary N) is 1. The molecular formula is C15H18N4O2. The Morgan fingerprint density at radius 3 is 2.43 bits per heavy atom. The summed E-state index contributed by atoms with van der Waals surface area (Å²) in [5, 5.41) is 6.69. The summed E-state index contributed by atoms with van der Waals surface area (Å²) in [4.78, 5) is 25.2. The van der Waals surface area contributed by atoms with Crippen LogP contribution in [0, 0.1) is 0 Å². The van der Waals surface area contributed by atoms with Crippen LogP contribution in [0.1, 0.15) is 16.1 Å². The normalized spacial score (nSPS) is 10.2. The van der Waals surface area contributed by atoms with Gasteiger partial charge in [-0.1, -0.05) is 12.1 Å². The lowest BCUT2D eigenvalue weighted by Gasteiger charge is -2.12. The van der Waals surface area contributed by atoms with Crippen LogP contribution in [0.4, 0.5) is 5.69 Å². The third-order valence-corrected chi connectivity index (χ3v) is 3.10. The maximum absolute atomic E-state index is 12.0. The monoisotopic (exact) mass is 286 g/mol. The van der Waals surface area contributed by atoms with E-state index in [4.69, 9.17) is 0 Å². The van der Waals surface area contributed by atoms with Crippen LogP contribution in [0.5, 0.6) is 0 Å². The van der Waals surface area contributed by atoms with E-state index in [1.54, 1.807) is 0 Å². The highest BCUT2D eigenvalue weighted by atomic mass is 16.2. The highest BCUT2D eigenvalue weighted by Crippen LogP contribution is 2.12. The van der Waals surface area contributed by atoms with Crippen molar-refractivity contribution in [2.45, 2.75) is 6.54 Å². The number of benzene rings is 1. The van der Waals surface area contributed by atoms with Gasteiger partial charge in [0.15, 0.2) is 0 Å².